The molecule has 1 fully saturated rings. The van der Waals surface area contributed by atoms with Gasteiger partial charge in [0, 0.05) is 31.9 Å². The molecule has 1 atom stereocenters. The average Bonchev–Trinajstić information content (AvgIpc) is 2.78. The van der Waals surface area contributed by atoms with E-state index in [0.29, 0.717) is 6.04 Å². The van der Waals surface area contributed by atoms with Crippen molar-refractivity contribution in [3.63, 3.8) is 0 Å². The number of likely N-dealkylation sites (N-methyl/N-ethyl adjacent to an activating group) is 1. The van der Waals surface area contributed by atoms with E-state index in [1.54, 1.807) is 4.90 Å². The van der Waals surface area contributed by atoms with Gasteiger partial charge in [0.15, 0.2) is 0 Å². The van der Waals surface area contributed by atoms with Crippen molar-refractivity contribution < 1.29 is 4.79 Å². The average molecular weight is 219 g/mol. The molecule has 1 saturated heterocycles. The zero-order valence-electron chi connectivity index (χ0n) is 9.47. The number of likely N-dealkylation sites (tertiary alicyclic amines) is 1. The third-order valence-corrected chi connectivity index (χ3v) is 3.19. The second-order valence-corrected chi connectivity index (χ2v) is 4.17. The van der Waals surface area contributed by atoms with Crippen molar-refractivity contribution in [2.24, 2.45) is 5.73 Å². The van der Waals surface area contributed by atoms with E-state index in [-0.39, 0.29) is 6.03 Å². The van der Waals surface area contributed by atoms with Gasteiger partial charge in [0.05, 0.1) is 0 Å². The fourth-order valence-electron chi connectivity index (χ4n) is 2.13. The minimum absolute atomic E-state index is 0.316. The number of hydrogen-bond donors (Lipinski definition) is 1. The standard InChI is InChI=1S/C12H17N3O/c1-14(10-5-3-2-4-6-10)11-7-8-15(9-11)12(13)16/h2-6,11H,7-9H2,1H3,(H2,13,16). The Kier molecular flexibility index (Phi) is 2.99. The Morgan fingerprint density at radius 3 is 2.69 bits per heavy atom. The summed E-state index contributed by atoms with van der Waals surface area (Å²) in [5, 5.41) is 0. The topological polar surface area (TPSA) is 49.6 Å². The highest BCUT2D eigenvalue weighted by Gasteiger charge is 2.27. The molecule has 1 heterocycles. The molecule has 4 heteroatoms. The number of rotatable bonds is 2. The lowest BCUT2D eigenvalue weighted by atomic mass is 10.2. The van der Waals surface area contributed by atoms with E-state index >= 15 is 0 Å². The second-order valence-electron chi connectivity index (χ2n) is 4.17. The van der Waals surface area contributed by atoms with Crippen molar-refractivity contribution >= 4 is 11.7 Å². The van der Waals surface area contributed by atoms with Gasteiger partial charge in [-0.3, -0.25) is 0 Å². The molecule has 2 N–H and O–H groups in total. The van der Waals surface area contributed by atoms with Crippen LogP contribution in [-0.2, 0) is 0 Å². The molecular weight excluding hydrogens is 202 g/mol. The number of benzene rings is 1. The molecule has 86 valence electrons. The quantitative estimate of drug-likeness (QED) is 0.814. The number of amides is 2. The van der Waals surface area contributed by atoms with Gasteiger partial charge in [-0.05, 0) is 18.6 Å². The van der Waals surface area contributed by atoms with Gasteiger partial charge in [-0.15, -0.1) is 0 Å². The molecule has 0 aliphatic carbocycles. The first-order chi connectivity index (χ1) is 7.68. The van der Waals surface area contributed by atoms with Crippen molar-refractivity contribution in [3.8, 4) is 0 Å². The van der Waals surface area contributed by atoms with E-state index in [1.807, 2.05) is 18.2 Å². The van der Waals surface area contributed by atoms with Gasteiger partial charge in [0.1, 0.15) is 0 Å². The summed E-state index contributed by atoms with van der Waals surface area (Å²) >= 11 is 0. The van der Waals surface area contributed by atoms with Gasteiger partial charge in [-0.25, -0.2) is 4.79 Å². The lowest BCUT2D eigenvalue weighted by molar-refractivity contribution is 0.218. The van der Waals surface area contributed by atoms with Crippen LogP contribution < -0.4 is 10.6 Å². The molecule has 1 aromatic carbocycles. The molecule has 0 radical (unpaired) electrons. The zero-order chi connectivity index (χ0) is 11.5. The van der Waals surface area contributed by atoms with Crippen molar-refractivity contribution in [2.75, 3.05) is 25.0 Å². The highest BCUT2D eigenvalue weighted by molar-refractivity contribution is 5.72. The van der Waals surface area contributed by atoms with Crippen molar-refractivity contribution in [1.82, 2.24) is 4.90 Å². The molecule has 0 bridgehead atoms. The van der Waals surface area contributed by atoms with Crippen LogP contribution in [0, 0.1) is 0 Å². The summed E-state index contributed by atoms with van der Waals surface area (Å²) in [6.45, 7) is 1.48. The Morgan fingerprint density at radius 2 is 2.12 bits per heavy atom. The molecule has 1 aliphatic heterocycles. The molecule has 4 nitrogen and oxygen atoms in total. The molecule has 1 unspecified atom stereocenters. The SMILES string of the molecule is CN(c1ccccc1)C1CCN(C(N)=O)C1. The Hall–Kier alpha value is -1.71. The van der Waals surface area contributed by atoms with Crippen LogP contribution in [0.4, 0.5) is 10.5 Å². The van der Waals surface area contributed by atoms with Crippen molar-refractivity contribution in [2.45, 2.75) is 12.5 Å². The molecule has 0 spiro atoms. The number of carbonyl (C=O) groups is 1. The molecule has 1 aliphatic rings. The minimum Gasteiger partial charge on any atom is -0.370 e. The van der Waals surface area contributed by atoms with Crippen LogP contribution in [0.3, 0.4) is 0 Å². The van der Waals surface area contributed by atoms with E-state index in [1.165, 1.54) is 5.69 Å². The number of primary amides is 1. The second kappa shape index (κ2) is 4.43. The summed E-state index contributed by atoms with van der Waals surface area (Å²) in [5.41, 5.74) is 6.45. The summed E-state index contributed by atoms with van der Waals surface area (Å²) in [4.78, 5) is 14.9. The normalized spacial score (nSPS) is 19.8. The lowest BCUT2D eigenvalue weighted by Gasteiger charge is -2.26. The van der Waals surface area contributed by atoms with Gasteiger partial charge in [0.2, 0.25) is 0 Å². The third-order valence-electron chi connectivity index (χ3n) is 3.19. The summed E-state index contributed by atoms with van der Waals surface area (Å²) < 4.78 is 0. The van der Waals surface area contributed by atoms with Crippen LogP contribution >= 0.6 is 0 Å². The van der Waals surface area contributed by atoms with E-state index in [0.717, 1.165) is 19.5 Å². The largest absolute Gasteiger partial charge is 0.370 e. The monoisotopic (exact) mass is 219 g/mol. The predicted molar refractivity (Wildman–Crippen MR) is 64.4 cm³/mol. The molecule has 1 aromatic rings. The minimum atomic E-state index is -0.316. The Labute approximate surface area is 95.6 Å². The number of nitrogens with zero attached hydrogens (tertiary/aromatic N) is 2. The van der Waals surface area contributed by atoms with Gasteiger partial charge in [-0.1, -0.05) is 18.2 Å². The van der Waals surface area contributed by atoms with Gasteiger partial charge in [0.25, 0.3) is 0 Å². The smallest absolute Gasteiger partial charge is 0.314 e. The number of nitrogens with two attached hydrogens (primary N) is 1. The van der Waals surface area contributed by atoms with Crippen molar-refractivity contribution in [1.29, 1.82) is 0 Å². The first kappa shape index (κ1) is 10.8. The van der Waals surface area contributed by atoms with Crippen LogP contribution in [0.1, 0.15) is 6.42 Å². The van der Waals surface area contributed by atoms with E-state index in [9.17, 15) is 4.79 Å². The van der Waals surface area contributed by atoms with Crippen LogP contribution in [0.2, 0.25) is 0 Å². The maximum atomic E-state index is 11.0. The maximum Gasteiger partial charge on any atom is 0.314 e. The first-order valence-electron chi connectivity index (χ1n) is 5.51. The zero-order valence-corrected chi connectivity index (χ0v) is 9.47. The van der Waals surface area contributed by atoms with Gasteiger partial charge >= 0.3 is 6.03 Å². The fraction of sp³-hybridized carbons (Fsp3) is 0.417. The molecule has 2 amide bonds. The Bertz CT molecular complexity index is 366. The highest BCUT2D eigenvalue weighted by Crippen LogP contribution is 2.20. The predicted octanol–water partition coefficient (Wildman–Crippen LogP) is 1.28. The number of hydrogen-bond acceptors (Lipinski definition) is 2. The Morgan fingerprint density at radius 1 is 1.44 bits per heavy atom. The van der Waals surface area contributed by atoms with Crippen LogP contribution in [0.25, 0.3) is 0 Å². The maximum absolute atomic E-state index is 11.0. The molecule has 16 heavy (non-hydrogen) atoms. The van der Waals surface area contributed by atoms with Crippen LogP contribution in [-0.4, -0.2) is 37.1 Å². The van der Waals surface area contributed by atoms with E-state index < -0.39 is 0 Å². The van der Waals surface area contributed by atoms with Crippen LogP contribution in [0.15, 0.2) is 30.3 Å². The van der Waals surface area contributed by atoms with E-state index in [4.69, 9.17) is 5.73 Å². The number of carbonyl (C=O) groups excluding carboxylic acids is 1. The number of para-hydroxylation sites is 1. The number of anilines is 1. The van der Waals surface area contributed by atoms with Crippen LogP contribution in [0.5, 0.6) is 0 Å². The molecule has 0 saturated carbocycles. The molecule has 0 aromatic heterocycles. The van der Waals surface area contributed by atoms with Crippen molar-refractivity contribution in [3.05, 3.63) is 30.3 Å². The van der Waals surface area contributed by atoms with E-state index in [2.05, 4.69) is 24.1 Å². The summed E-state index contributed by atoms with van der Waals surface area (Å²) in [5.74, 6) is 0. The van der Waals surface area contributed by atoms with Gasteiger partial charge in [-0.2, -0.15) is 0 Å². The molecular formula is C12H17N3O. The third kappa shape index (κ3) is 2.10. The first-order valence-corrected chi connectivity index (χ1v) is 5.51. The fourth-order valence-corrected chi connectivity index (χ4v) is 2.13. The van der Waals surface area contributed by atoms with Gasteiger partial charge < -0.3 is 15.5 Å². The lowest BCUT2D eigenvalue weighted by Crippen LogP contribution is -2.38. The summed E-state index contributed by atoms with van der Waals surface area (Å²) in [6, 6.07) is 10.2. The number of urea groups is 1. The summed E-state index contributed by atoms with van der Waals surface area (Å²) in [7, 11) is 2.06. The highest BCUT2D eigenvalue weighted by atomic mass is 16.2. The summed E-state index contributed by atoms with van der Waals surface area (Å²) in [6.07, 6.45) is 0.980. The molecule has 2 rings (SSSR count). The Balaban J connectivity index is 2.02.